The van der Waals surface area contributed by atoms with E-state index in [1.807, 2.05) is 0 Å². The SMILES string of the molecule is CCC(C)CCCCCCCCCCCCC(=O)O[C@H](COC(=O)CCCCCCCCCCCCC(C)C)COC(=O)CCCCCCCCCCC(C)C. The van der Waals surface area contributed by atoms with Crippen LogP contribution in [0.1, 0.15) is 266 Å². The Labute approximate surface area is 348 Å². The van der Waals surface area contributed by atoms with Crippen molar-refractivity contribution in [3.63, 3.8) is 0 Å². The highest BCUT2D eigenvalue weighted by Crippen LogP contribution is 2.18. The Bertz CT molecular complexity index is 870. The van der Waals surface area contributed by atoms with Crippen LogP contribution in [0.15, 0.2) is 0 Å². The van der Waals surface area contributed by atoms with Crippen LogP contribution in [0.25, 0.3) is 0 Å². The Morgan fingerprint density at radius 1 is 0.357 bits per heavy atom. The van der Waals surface area contributed by atoms with Crippen LogP contribution in [0.2, 0.25) is 0 Å². The lowest BCUT2D eigenvalue weighted by atomic mass is 9.99. The maximum Gasteiger partial charge on any atom is 0.306 e. The third-order valence-electron chi connectivity index (χ3n) is 11.5. The number of rotatable bonds is 43. The lowest BCUT2D eigenvalue weighted by Gasteiger charge is -2.18. The standard InChI is InChI=1S/C50H96O6/c1-7-46(6)38-32-26-20-13-9-11-15-23-29-35-41-50(53)56-47(43-55-49(52)40-34-28-22-17-16-19-25-31-37-45(4)5)42-54-48(51)39-33-27-21-14-10-8-12-18-24-30-36-44(2)3/h44-47H,7-43H2,1-6H3/t46?,47-/m1/s1. The molecule has 0 rings (SSSR count). The van der Waals surface area contributed by atoms with Crippen LogP contribution in [0.3, 0.4) is 0 Å². The third-order valence-corrected chi connectivity index (χ3v) is 11.5. The molecule has 0 amide bonds. The molecule has 1 unspecified atom stereocenters. The first-order valence-corrected chi connectivity index (χ1v) is 24.6. The molecule has 0 spiro atoms. The number of carbonyl (C=O) groups is 3. The van der Waals surface area contributed by atoms with E-state index in [0.29, 0.717) is 19.3 Å². The van der Waals surface area contributed by atoms with Gasteiger partial charge in [-0.1, -0.05) is 228 Å². The summed E-state index contributed by atoms with van der Waals surface area (Å²) in [6, 6.07) is 0. The lowest BCUT2D eigenvalue weighted by Crippen LogP contribution is -2.30. The number of esters is 3. The monoisotopic (exact) mass is 793 g/mol. The number of ether oxygens (including phenoxy) is 3. The molecule has 0 aromatic rings. The fourth-order valence-electron chi connectivity index (χ4n) is 7.38. The minimum absolute atomic E-state index is 0.0657. The molecule has 6 nitrogen and oxygen atoms in total. The van der Waals surface area contributed by atoms with E-state index in [-0.39, 0.29) is 31.1 Å². The molecular formula is C50H96O6. The molecule has 6 heteroatoms. The zero-order valence-corrected chi connectivity index (χ0v) is 38.4. The first kappa shape index (κ1) is 54.4. The van der Waals surface area contributed by atoms with Crippen LogP contribution >= 0.6 is 0 Å². The summed E-state index contributed by atoms with van der Waals surface area (Å²) >= 11 is 0. The molecule has 0 radical (unpaired) electrons. The molecule has 0 aliphatic rings. The third kappa shape index (κ3) is 42.0. The number of hydrogen-bond donors (Lipinski definition) is 0. The quantitative estimate of drug-likeness (QED) is 0.0348. The Hall–Kier alpha value is -1.59. The second-order valence-electron chi connectivity index (χ2n) is 18.3. The molecule has 0 bridgehead atoms. The molecule has 0 saturated carbocycles. The summed E-state index contributed by atoms with van der Waals surface area (Å²) in [5.74, 6) is 1.62. The summed E-state index contributed by atoms with van der Waals surface area (Å²) in [7, 11) is 0. The first-order chi connectivity index (χ1) is 27.1. The maximum atomic E-state index is 12.8. The predicted octanol–water partition coefficient (Wildman–Crippen LogP) is 15.6. The molecule has 0 aliphatic carbocycles. The minimum Gasteiger partial charge on any atom is -0.462 e. The number of hydrogen-bond acceptors (Lipinski definition) is 6. The van der Waals surface area contributed by atoms with Crippen molar-refractivity contribution in [3.8, 4) is 0 Å². The van der Waals surface area contributed by atoms with Crippen molar-refractivity contribution in [2.75, 3.05) is 13.2 Å². The molecule has 56 heavy (non-hydrogen) atoms. The molecule has 332 valence electrons. The van der Waals surface area contributed by atoms with E-state index < -0.39 is 6.10 Å². The van der Waals surface area contributed by atoms with Gasteiger partial charge >= 0.3 is 17.9 Å². The zero-order valence-electron chi connectivity index (χ0n) is 38.4. The number of unbranched alkanes of at least 4 members (excludes halogenated alkanes) is 25. The van der Waals surface area contributed by atoms with Crippen LogP contribution in [0.5, 0.6) is 0 Å². The smallest absolute Gasteiger partial charge is 0.306 e. The van der Waals surface area contributed by atoms with E-state index in [1.54, 1.807) is 0 Å². The van der Waals surface area contributed by atoms with Gasteiger partial charge in [0, 0.05) is 19.3 Å². The number of carbonyl (C=O) groups excluding carboxylic acids is 3. The van der Waals surface area contributed by atoms with E-state index in [0.717, 1.165) is 75.5 Å². The normalized spacial score (nSPS) is 12.6. The van der Waals surface area contributed by atoms with Crippen molar-refractivity contribution in [2.45, 2.75) is 272 Å². The lowest BCUT2D eigenvalue weighted by molar-refractivity contribution is -0.167. The van der Waals surface area contributed by atoms with Gasteiger partial charge in [-0.2, -0.15) is 0 Å². The minimum atomic E-state index is -0.762. The van der Waals surface area contributed by atoms with E-state index in [4.69, 9.17) is 14.2 Å². The molecule has 0 saturated heterocycles. The topological polar surface area (TPSA) is 78.9 Å². The van der Waals surface area contributed by atoms with Gasteiger partial charge in [0.1, 0.15) is 13.2 Å². The highest BCUT2D eigenvalue weighted by atomic mass is 16.6. The molecule has 0 aliphatic heterocycles. The highest BCUT2D eigenvalue weighted by molar-refractivity contribution is 5.71. The second kappa shape index (κ2) is 41.6. The van der Waals surface area contributed by atoms with Crippen LogP contribution in [-0.4, -0.2) is 37.2 Å². The van der Waals surface area contributed by atoms with E-state index >= 15 is 0 Å². The van der Waals surface area contributed by atoms with E-state index in [9.17, 15) is 14.4 Å². The summed E-state index contributed by atoms with van der Waals surface area (Å²) in [5, 5.41) is 0. The fraction of sp³-hybridized carbons (Fsp3) is 0.940. The molecule has 0 N–H and O–H groups in total. The highest BCUT2D eigenvalue weighted by Gasteiger charge is 2.19. The van der Waals surface area contributed by atoms with Crippen LogP contribution < -0.4 is 0 Å². The largest absolute Gasteiger partial charge is 0.462 e. The second-order valence-corrected chi connectivity index (χ2v) is 18.3. The summed E-state index contributed by atoms with van der Waals surface area (Å²) in [6.07, 6.45) is 39.4. The van der Waals surface area contributed by atoms with Gasteiger partial charge < -0.3 is 14.2 Å². The predicted molar refractivity (Wildman–Crippen MR) is 238 cm³/mol. The van der Waals surface area contributed by atoms with Crippen molar-refractivity contribution >= 4 is 17.9 Å². The van der Waals surface area contributed by atoms with E-state index in [2.05, 4.69) is 41.5 Å². The molecule has 0 aromatic heterocycles. The van der Waals surface area contributed by atoms with Crippen molar-refractivity contribution in [1.82, 2.24) is 0 Å². The van der Waals surface area contributed by atoms with Crippen molar-refractivity contribution in [1.29, 1.82) is 0 Å². The average Bonchev–Trinajstić information content (AvgIpc) is 3.16. The summed E-state index contributed by atoms with van der Waals surface area (Å²) in [6.45, 7) is 13.7. The summed E-state index contributed by atoms with van der Waals surface area (Å²) < 4.78 is 16.8. The molecule has 2 atom stereocenters. The van der Waals surface area contributed by atoms with Gasteiger partial charge in [-0.3, -0.25) is 14.4 Å². The Morgan fingerprint density at radius 2 is 0.625 bits per heavy atom. The van der Waals surface area contributed by atoms with Gasteiger partial charge in [0.15, 0.2) is 6.10 Å². The van der Waals surface area contributed by atoms with Gasteiger partial charge in [0.2, 0.25) is 0 Å². The van der Waals surface area contributed by atoms with Crippen molar-refractivity contribution < 1.29 is 28.6 Å². The molecule has 0 aromatic carbocycles. The fourth-order valence-corrected chi connectivity index (χ4v) is 7.38. The Kier molecular flexibility index (Phi) is 40.4. The van der Waals surface area contributed by atoms with Gasteiger partial charge in [-0.05, 0) is 37.0 Å². The maximum absolute atomic E-state index is 12.8. The molecular weight excluding hydrogens is 697 g/mol. The van der Waals surface area contributed by atoms with Gasteiger partial charge in [0.05, 0.1) is 0 Å². The first-order valence-electron chi connectivity index (χ1n) is 24.6. The molecule has 0 heterocycles. The average molecular weight is 793 g/mol. The van der Waals surface area contributed by atoms with Gasteiger partial charge in [-0.25, -0.2) is 0 Å². The summed E-state index contributed by atoms with van der Waals surface area (Å²) in [5.41, 5.74) is 0. The van der Waals surface area contributed by atoms with E-state index in [1.165, 1.54) is 148 Å². The molecule has 0 fully saturated rings. The van der Waals surface area contributed by atoms with Crippen LogP contribution in [0, 0.1) is 17.8 Å². The Morgan fingerprint density at radius 3 is 0.929 bits per heavy atom. The van der Waals surface area contributed by atoms with Crippen molar-refractivity contribution in [2.24, 2.45) is 17.8 Å². The van der Waals surface area contributed by atoms with Crippen LogP contribution in [0.4, 0.5) is 0 Å². The van der Waals surface area contributed by atoms with Gasteiger partial charge in [0.25, 0.3) is 0 Å². The van der Waals surface area contributed by atoms with Gasteiger partial charge in [-0.15, -0.1) is 0 Å². The van der Waals surface area contributed by atoms with Crippen LogP contribution in [-0.2, 0) is 28.6 Å². The summed E-state index contributed by atoms with van der Waals surface area (Å²) in [4.78, 5) is 37.8. The van der Waals surface area contributed by atoms with Crippen molar-refractivity contribution in [3.05, 3.63) is 0 Å². The zero-order chi connectivity index (χ0) is 41.3. The Balaban J connectivity index is 4.34.